The molecular weight excluding hydrogens is 333 g/mol. The highest BCUT2D eigenvalue weighted by atomic mass is 19.3. The molecule has 1 amide bonds. The highest BCUT2D eigenvalue weighted by Crippen LogP contribution is 2.25. The first-order valence-electron chi connectivity index (χ1n) is 7.86. The molecule has 1 aliphatic heterocycles. The van der Waals surface area contributed by atoms with Gasteiger partial charge in [-0.1, -0.05) is 12.1 Å². The fourth-order valence-electron chi connectivity index (χ4n) is 2.90. The maximum atomic E-state index is 13.5. The molecule has 0 aliphatic carbocycles. The van der Waals surface area contributed by atoms with Crippen molar-refractivity contribution >= 4 is 5.91 Å². The summed E-state index contributed by atoms with van der Waals surface area (Å²) in [5, 5.41) is 3.20. The molecule has 4 nitrogen and oxygen atoms in total. The van der Waals surface area contributed by atoms with Crippen LogP contribution in [0.2, 0.25) is 0 Å². The smallest absolute Gasteiger partial charge is 0.387 e. The number of piperazine rings is 1. The Morgan fingerprint density at radius 2 is 1.96 bits per heavy atom. The summed E-state index contributed by atoms with van der Waals surface area (Å²) < 4.78 is 42.2. The molecule has 0 saturated carbocycles. The minimum atomic E-state index is -2.91. The molecule has 2 aromatic carbocycles. The SMILES string of the molecule is O=C(c1ccc(OC(F)F)cc1)N1CCNCC1c1cccc(F)c1. The number of nitrogens with zero attached hydrogens (tertiary/aromatic N) is 1. The van der Waals surface area contributed by atoms with Gasteiger partial charge in [0.05, 0.1) is 6.04 Å². The van der Waals surface area contributed by atoms with E-state index in [1.807, 2.05) is 0 Å². The highest BCUT2D eigenvalue weighted by molar-refractivity contribution is 5.94. The summed E-state index contributed by atoms with van der Waals surface area (Å²) in [4.78, 5) is 14.5. The van der Waals surface area contributed by atoms with Gasteiger partial charge < -0.3 is 15.0 Å². The molecule has 0 spiro atoms. The Morgan fingerprint density at radius 1 is 1.20 bits per heavy atom. The van der Waals surface area contributed by atoms with E-state index in [-0.39, 0.29) is 23.5 Å². The first kappa shape index (κ1) is 17.3. The van der Waals surface area contributed by atoms with Crippen LogP contribution in [0.5, 0.6) is 5.75 Å². The molecular formula is C18H17F3N2O2. The van der Waals surface area contributed by atoms with E-state index in [2.05, 4.69) is 10.1 Å². The average Bonchev–Trinajstić information content (AvgIpc) is 2.61. The Labute approximate surface area is 143 Å². The van der Waals surface area contributed by atoms with Crippen LogP contribution in [-0.4, -0.2) is 37.1 Å². The number of carbonyl (C=O) groups is 1. The van der Waals surface area contributed by atoms with Crippen LogP contribution in [0, 0.1) is 5.82 Å². The summed E-state index contributed by atoms with van der Waals surface area (Å²) in [7, 11) is 0. The summed E-state index contributed by atoms with van der Waals surface area (Å²) >= 11 is 0. The largest absolute Gasteiger partial charge is 0.435 e. The van der Waals surface area contributed by atoms with Gasteiger partial charge in [-0.25, -0.2) is 4.39 Å². The van der Waals surface area contributed by atoms with E-state index in [9.17, 15) is 18.0 Å². The van der Waals surface area contributed by atoms with E-state index in [1.165, 1.54) is 36.4 Å². The zero-order chi connectivity index (χ0) is 17.8. The van der Waals surface area contributed by atoms with E-state index in [0.29, 0.717) is 30.8 Å². The van der Waals surface area contributed by atoms with Crippen LogP contribution in [-0.2, 0) is 0 Å². The summed E-state index contributed by atoms with van der Waals surface area (Å²) in [6.07, 6.45) is 0. The Kier molecular flexibility index (Phi) is 5.23. The third-order valence-corrected chi connectivity index (χ3v) is 4.06. The zero-order valence-electron chi connectivity index (χ0n) is 13.3. The molecule has 132 valence electrons. The number of rotatable bonds is 4. The van der Waals surface area contributed by atoms with E-state index < -0.39 is 6.61 Å². The van der Waals surface area contributed by atoms with Crippen LogP contribution in [0.3, 0.4) is 0 Å². The Hall–Kier alpha value is -2.54. The second-order valence-corrected chi connectivity index (χ2v) is 5.68. The molecule has 1 aliphatic rings. The minimum Gasteiger partial charge on any atom is -0.435 e. The number of hydrogen-bond donors (Lipinski definition) is 1. The molecule has 25 heavy (non-hydrogen) atoms. The third-order valence-electron chi connectivity index (χ3n) is 4.06. The van der Waals surface area contributed by atoms with E-state index in [4.69, 9.17) is 0 Å². The first-order valence-corrected chi connectivity index (χ1v) is 7.86. The van der Waals surface area contributed by atoms with Crippen molar-refractivity contribution in [1.29, 1.82) is 0 Å². The number of ether oxygens (including phenoxy) is 1. The monoisotopic (exact) mass is 350 g/mol. The molecule has 1 atom stereocenters. The van der Waals surface area contributed by atoms with Crippen LogP contribution >= 0.6 is 0 Å². The quantitative estimate of drug-likeness (QED) is 0.921. The Bertz CT molecular complexity index is 737. The third kappa shape index (κ3) is 4.11. The van der Waals surface area contributed by atoms with Crippen molar-refractivity contribution in [2.24, 2.45) is 0 Å². The highest BCUT2D eigenvalue weighted by Gasteiger charge is 2.28. The van der Waals surface area contributed by atoms with E-state index >= 15 is 0 Å². The molecule has 0 aromatic heterocycles. The summed E-state index contributed by atoms with van der Waals surface area (Å²) in [5.41, 5.74) is 1.07. The Balaban J connectivity index is 1.81. The standard InChI is InChI=1S/C18H17F3N2O2/c19-14-3-1-2-13(10-14)16-11-22-8-9-23(16)17(24)12-4-6-15(7-5-12)25-18(20)21/h1-7,10,16,18,22H,8-9,11H2. The van der Waals surface area contributed by atoms with E-state index in [1.54, 1.807) is 17.0 Å². The number of nitrogens with one attached hydrogen (secondary N) is 1. The molecule has 0 radical (unpaired) electrons. The molecule has 1 heterocycles. The molecule has 3 rings (SSSR count). The number of hydrogen-bond acceptors (Lipinski definition) is 3. The van der Waals surface area contributed by atoms with Gasteiger partial charge >= 0.3 is 6.61 Å². The fraction of sp³-hybridized carbons (Fsp3) is 0.278. The molecule has 1 fully saturated rings. The normalized spacial score (nSPS) is 17.6. The summed E-state index contributed by atoms with van der Waals surface area (Å²) in [5.74, 6) is -0.600. The number of carbonyl (C=O) groups excluding carboxylic acids is 1. The van der Waals surface area contributed by atoms with Gasteiger partial charge in [0.1, 0.15) is 11.6 Å². The lowest BCUT2D eigenvalue weighted by Gasteiger charge is -2.36. The van der Waals surface area contributed by atoms with Gasteiger partial charge in [-0.2, -0.15) is 8.78 Å². The fourth-order valence-corrected chi connectivity index (χ4v) is 2.90. The minimum absolute atomic E-state index is 0.00598. The van der Waals surface area contributed by atoms with Crippen molar-refractivity contribution in [2.75, 3.05) is 19.6 Å². The van der Waals surface area contributed by atoms with Gasteiger partial charge in [0.25, 0.3) is 5.91 Å². The molecule has 1 N–H and O–H groups in total. The number of alkyl halides is 2. The molecule has 1 unspecified atom stereocenters. The maximum absolute atomic E-state index is 13.5. The van der Waals surface area contributed by atoms with Crippen LogP contribution in [0.1, 0.15) is 22.0 Å². The van der Waals surface area contributed by atoms with Gasteiger partial charge in [-0.05, 0) is 42.0 Å². The number of benzene rings is 2. The van der Waals surface area contributed by atoms with Gasteiger partial charge in [-0.3, -0.25) is 4.79 Å². The first-order chi connectivity index (χ1) is 12.0. The van der Waals surface area contributed by atoms with Crippen molar-refractivity contribution in [3.63, 3.8) is 0 Å². The van der Waals surface area contributed by atoms with Crippen molar-refractivity contribution in [2.45, 2.75) is 12.7 Å². The van der Waals surface area contributed by atoms with Crippen molar-refractivity contribution < 1.29 is 22.7 Å². The Morgan fingerprint density at radius 3 is 2.64 bits per heavy atom. The zero-order valence-corrected chi connectivity index (χ0v) is 13.3. The molecule has 7 heteroatoms. The van der Waals surface area contributed by atoms with Crippen molar-refractivity contribution in [3.05, 3.63) is 65.5 Å². The molecule has 0 bridgehead atoms. The van der Waals surface area contributed by atoms with Gasteiger partial charge in [0.2, 0.25) is 0 Å². The van der Waals surface area contributed by atoms with Crippen LogP contribution in [0.25, 0.3) is 0 Å². The topological polar surface area (TPSA) is 41.6 Å². The lowest BCUT2D eigenvalue weighted by atomic mass is 10.0. The van der Waals surface area contributed by atoms with Gasteiger partial charge in [0.15, 0.2) is 0 Å². The van der Waals surface area contributed by atoms with Crippen LogP contribution in [0.4, 0.5) is 13.2 Å². The maximum Gasteiger partial charge on any atom is 0.387 e. The number of amides is 1. The van der Waals surface area contributed by atoms with Crippen LogP contribution in [0.15, 0.2) is 48.5 Å². The van der Waals surface area contributed by atoms with E-state index in [0.717, 1.165) is 0 Å². The lowest BCUT2D eigenvalue weighted by Crippen LogP contribution is -2.48. The van der Waals surface area contributed by atoms with Crippen molar-refractivity contribution in [3.8, 4) is 5.75 Å². The summed E-state index contributed by atoms with van der Waals surface area (Å²) in [6, 6.07) is 11.4. The van der Waals surface area contributed by atoms with Crippen molar-refractivity contribution in [1.82, 2.24) is 10.2 Å². The second kappa shape index (κ2) is 7.57. The van der Waals surface area contributed by atoms with Crippen LogP contribution < -0.4 is 10.1 Å². The predicted molar refractivity (Wildman–Crippen MR) is 86.1 cm³/mol. The average molecular weight is 350 g/mol. The number of halogens is 3. The molecule has 1 saturated heterocycles. The molecule has 2 aromatic rings. The lowest BCUT2D eigenvalue weighted by molar-refractivity contribution is -0.0498. The van der Waals surface area contributed by atoms with Gasteiger partial charge in [-0.15, -0.1) is 0 Å². The predicted octanol–water partition coefficient (Wildman–Crippen LogP) is 3.21. The van der Waals surface area contributed by atoms with Gasteiger partial charge in [0, 0.05) is 25.2 Å². The second-order valence-electron chi connectivity index (χ2n) is 5.68. The summed E-state index contributed by atoms with van der Waals surface area (Å²) in [6.45, 7) is -1.30.